The lowest BCUT2D eigenvalue weighted by Gasteiger charge is -2.31. The van der Waals surface area contributed by atoms with Crippen LogP contribution in [-0.2, 0) is 22.4 Å². The van der Waals surface area contributed by atoms with Crippen molar-refractivity contribution >= 4 is 34.3 Å². The number of benzene rings is 1. The fraction of sp³-hybridized carbons (Fsp3) is 0.455. The van der Waals surface area contributed by atoms with E-state index in [-0.39, 0.29) is 36.0 Å². The van der Waals surface area contributed by atoms with Crippen molar-refractivity contribution < 1.29 is 18.8 Å². The van der Waals surface area contributed by atoms with Crippen LogP contribution in [-0.4, -0.2) is 60.5 Å². The van der Waals surface area contributed by atoms with Gasteiger partial charge in [-0.1, -0.05) is 18.2 Å². The Bertz CT molecular complexity index is 989. The molecule has 8 nitrogen and oxygen atoms in total. The molecule has 0 unspecified atom stereocenters. The third-order valence-electron chi connectivity index (χ3n) is 5.83. The molecule has 2 aromatic rings. The van der Waals surface area contributed by atoms with E-state index in [0.717, 1.165) is 0 Å². The molecule has 4 amide bonds. The molecule has 0 bridgehead atoms. The molecule has 3 heterocycles. The first-order valence-corrected chi connectivity index (χ1v) is 11.7. The maximum Gasteiger partial charge on any atom is 0.323 e. The van der Waals surface area contributed by atoms with Gasteiger partial charge in [0.15, 0.2) is 5.13 Å². The molecule has 2 saturated heterocycles. The Morgan fingerprint density at radius 2 is 2.00 bits per heavy atom. The summed E-state index contributed by atoms with van der Waals surface area (Å²) in [6.07, 6.45) is 1.84. The average molecular weight is 460 g/mol. The third-order valence-corrected chi connectivity index (χ3v) is 6.74. The summed E-state index contributed by atoms with van der Waals surface area (Å²) < 4.78 is 13.7. The normalized spacial score (nSPS) is 16.8. The third kappa shape index (κ3) is 5.24. The zero-order chi connectivity index (χ0) is 22.5. The molecule has 0 spiro atoms. The summed E-state index contributed by atoms with van der Waals surface area (Å²) in [6, 6.07) is 6.40. The van der Waals surface area contributed by atoms with Gasteiger partial charge in [0.2, 0.25) is 11.8 Å². The van der Waals surface area contributed by atoms with Crippen LogP contribution in [0.5, 0.6) is 0 Å². The lowest BCUT2D eigenvalue weighted by molar-refractivity contribution is -0.135. The number of halogens is 1. The van der Waals surface area contributed by atoms with Gasteiger partial charge in [-0.25, -0.2) is 14.2 Å². The minimum Gasteiger partial charge on any atom is -0.356 e. The van der Waals surface area contributed by atoms with E-state index in [0.29, 0.717) is 68.4 Å². The van der Waals surface area contributed by atoms with Crippen molar-refractivity contribution in [2.45, 2.75) is 25.7 Å². The average Bonchev–Trinajstić information content (AvgIpc) is 3.43. The van der Waals surface area contributed by atoms with Gasteiger partial charge in [-0.2, -0.15) is 0 Å². The fourth-order valence-electron chi connectivity index (χ4n) is 3.98. The molecule has 10 heteroatoms. The number of piperidine rings is 1. The summed E-state index contributed by atoms with van der Waals surface area (Å²) in [5.74, 6) is -0.462. The van der Waals surface area contributed by atoms with Crippen LogP contribution in [0, 0.1) is 11.7 Å². The van der Waals surface area contributed by atoms with Crippen molar-refractivity contribution in [3.05, 3.63) is 46.7 Å². The number of aromatic nitrogens is 1. The van der Waals surface area contributed by atoms with Crippen LogP contribution in [0.15, 0.2) is 29.6 Å². The molecule has 0 saturated carbocycles. The number of carbonyl (C=O) groups excluding carboxylic acids is 3. The smallest absolute Gasteiger partial charge is 0.323 e. The summed E-state index contributed by atoms with van der Waals surface area (Å²) in [6.45, 7) is 2.61. The topological polar surface area (TPSA) is 94.6 Å². The molecule has 2 N–H and O–H groups in total. The van der Waals surface area contributed by atoms with Gasteiger partial charge in [0, 0.05) is 44.0 Å². The molecule has 2 fully saturated rings. The summed E-state index contributed by atoms with van der Waals surface area (Å²) >= 11 is 1.36. The Kier molecular flexibility index (Phi) is 6.99. The maximum absolute atomic E-state index is 13.7. The minimum atomic E-state index is -0.260. The summed E-state index contributed by atoms with van der Waals surface area (Å²) in [5.41, 5.74) is 1.24. The number of nitrogens with zero attached hydrogens (tertiary/aromatic N) is 3. The zero-order valence-electron chi connectivity index (χ0n) is 17.7. The lowest BCUT2D eigenvalue weighted by atomic mass is 9.95. The molecular weight excluding hydrogens is 433 g/mol. The van der Waals surface area contributed by atoms with E-state index in [1.165, 1.54) is 17.4 Å². The van der Waals surface area contributed by atoms with Gasteiger partial charge in [-0.3, -0.25) is 14.5 Å². The highest BCUT2D eigenvalue weighted by Crippen LogP contribution is 2.23. The number of hydrogen-bond acceptors (Lipinski definition) is 5. The number of likely N-dealkylation sites (tertiary alicyclic amines) is 1. The van der Waals surface area contributed by atoms with Crippen molar-refractivity contribution in [3.8, 4) is 0 Å². The van der Waals surface area contributed by atoms with Gasteiger partial charge in [0.05, 0.1) is 12.1 Å². The molecule has 0 aliphatic carbocycles. The molecule has 2 aliphatic rings. The molecule has 32 heavy (non-hydrogen) atoms. The second kappa shape index (κ2) is 10.1. The van der Waals surface area contributed by atoms with Crippen molar-refractivity contribution in [1.82, 2.24) is 20.5 Å². The second-order valence-corrected chi connectivity index (χ2v) is 8.81. The summed E-state index contributed by atoms with van der Waals surface area (Å²) in [5, 5.41) is 8.04. The SMILES string of the molecule is O=C(NCCc1ccccc1F)C1CCN(C(=O)Cc2csc(N3CCNC3=O)n2)CC1. The number of urea groups is 1. The van der Waals surface area contributed by atoms with E-state index in [2.05, 4.69) is 15.6 Å². The monoisotopic (exact) mass is 459 g/mol. The van der Waals surface area contributed by atoms with E-state index in [1.807, 2.05) is 5.38 Å². The molecule has 4 rings (SSSR count). The molecule has 0 radical (unpaired) electrons. The Morgan fingerprint density at radius 1 is 1.22 bits per heavy atom. The standard InChI is InChI=1S/C22H26FN5O3S/c23-18-4-2-1-3-15(18)5-8-24-20(30)16-6-10-27(11-7-16)19(29)13-17-14-32-22(26-17)28-12-9-25-21(28)31/h1-4,14,16H,5-13H2,(H,24,30)(H,25,31). The van der Waals surface area contributed by atoms with Crippen LogP contribution >= 0.6 is 11.3 Å². The highest BCUT2D eigenvalue weighted by Gasteiger charge is 2.28. The van der Waals surface area contributed by atoms with Crippen LogP contribution in [0.2, 0.25) is 0 Å². The van der Waals surface area contributed by atoms with Gasteiger partial charge in [0.25, 0.3) is 0 Å². The highest BCUT2D eigenvalue weighted by molar-refractivity contribution is 7.14. The number of anilines is 1. The minimum absolute atomic E-state index is 0.0221. The predicted octanol–water partition coefficient (Wildman–Crippen LogP) is 1.95. The summed E-state index contributed by atoms with van der Waals surface area (Å²) in [4.78, 5) is 44.6. The summed E-state index contributed by atoms with van der Waals surface area (Å²) in [7, 11) is 0. The lowest BCUT2D eigenvalue weighted by Crippen LogP contribution is -2.43. The Hall–Kier alpha value is -3.01. The van der Waals surface area contributed by atoms with E-state index in [9.17, 15) is 18.8 Å². The van der Waals surface area contributed by atoms with E-state index in [4.69, 9.17) is 0 Å². The van der Waals surface area contributed by atoms with Gasteiger partial charge < -0.3 is 15.5 Å². The molecule has 0 atom stereocenters. The number of carbonyl (C=O) groups is 3. The first-order valence-electron chi connectivity index (χ1n) is 10.8. The van der Waals surface area contributed by atoms with Gasteiger partial charge in [-0.15, -0.1) is 11.3 Å². The molecule has 170 valence electrons. The van der Waals surface area contributed by atoms with Gasteiger partial charge >= 0.3 is 6.03 Å². The van der Waals surface area contributed by atoms with E-state index in [1.54, 1.807) is 28.0 Å². The van der Waals surface area contributed by atoms with E-state index < -0.39 is 0 Å². The molecule has 1 aromatic heterocycles. The molecule has 1 aromatic carbocycles. The predicted molar refractivity (Wildman–Crippen MR) is 119 cm³/mol. The van der Waals surface area contributed by atoms with Crippen LogP contribution in [0.25, 0.3) is 0 Å². The van der Waals surface area contributed by atoms with Crippen molar-refractivity contribution in [2.24, 2.45) is 5.92 Å². The van der Waals surface area contributed by atoms with Crippen molar-refractivity contribution in [2.75, 3.05) is 37.6 Å². The first-order chi connectivity index (χ1) is 15.5. The van der Waals surface area contributed by atoms with E-state index >= 15 is 0 Å². The molecule has 2 aliphatic heterocycles. The Balaban J connectivity index is 1.20. The van der Waals surface area contributed by atoms with Crippen LogP contribution in [0.3, 0.4) is 0 Å². The van der Waals surface area contributed by atoms with Crippen molar-refractivity contribution in [1.29, 1.82) is 0 Å². The second-order valence-electron chi connectivity index (χ2n) is 7.97. The van der Waals surface area contributed by atoms with Gasteiger partial charge in [-0.05, 0) is 30.9 Å². The quantitative estimate of drug-likeness (QED) is 0.662. The number of rotatable bonds is 7. The van der Waals surface area contributed by atoms with Crippen LogP contribution in [0.1, 0.15) is 24.1 Å². The largest absolute Gasteiger partial charge is 0.356 e. The Morgan fingerprint density at radius 3 is 2.72 bits per heavy atom. The number of nitrogens with one attached hydrogen (secondary N) is 2. The maximum atomic E-state index is 13.7. The number of amides is 4. The fourth-order valence-corrected chi connectivity index (χ4v) is 4.83. The molecular formula is C22H26FN5O3S. The number of hydrogen-bond donors (Lipinski definition) is 2. The highest BCUT2D eigenvalue weighted by atomic mass is 32.1. The van der Waals surface area contributed by atoms with Crippen LogP contribution in [0.4, 0.5) is 14.3 Å². The van der Waals surface area contributed by atoms with Crippen LogP contribution < -0.4 is 15.5 Å². The first kappa shape index (κ1) is 22.2. The number of thiazole rings is 1. The van der Waals surface area contributed by atoms with Gasteiger partial charge in [0.1, 0.15) is 5.82 Å². The Labute approximate surface area is 189 Å². The van der Waals surface area contributed by atoms with Crippen molar-refractivity contribution in [3.63, 3.8) is 0 Å². The zero-order valence-corrected chi connectivity index (χ0v) is 18.5.